The van der Waals surface area contributed by atoms with Crippen LogP contribution in [0.4, 0.5) is 18.9 Å². The Bertz CT molecular complexity index is 436. The Balaban J connectivity index is 1.93. The van der Waals surface area contributed by atoms with E-state index in [0.717, 1.165) is 25.7 Å². The maximum atomic E-state index is 12.0. The van der Waals surface area contributed by atoms with Crippen LogP contribution in [-0.2, 0) is 4.79 Å². The van der Waals surface area contributed by atoms with E-state index >= 15 is 0 Å². The van der Waals surface area contributed by atoms with Crippen LogP contribution < -0.4 is 10.1 Å². The van der Waals surface area contributed by atoms with E-state index in [-0.39, 0.29) is 17.6 Å². The molecule has 1 amide bonds. The zero-order valence-corrected chi connectivity index (χ0v) is 10.2. The van der Waals surface area contributed by atoms with Gasteiger partial charge in [-0.1, -0.05) is 12.8 Å². The fourth-order valence-corrected chi connectivity index (χ4v) is 2.17. The van der Waals surface area contributed by atoms with Gasteiger partial charge in [0, 0.05) is 11.6 Å². The first-order chi connectivity index (χ1) is 8.94. The Morgan fingerprint density at radius 1 is 1.16 bits per heavy atom. The number of alkyl halides is 3. The van der Waals surface area contributed by atoms with Gasteiger partial charge in [-0.25, -0.2) is 0 Å². The van der Waals surface area contributed by atoms with E-state index in [1.807, 2.05) is 0 Å². The van der Waals surface area contributed by atoms with Crippen LogP contribution in [0.3, 0.4) is 0 Å². The largest absolute Gasteiger partial charge is 0.573 e. The average Bonchev–Trinajstić information content (AvgIpc) is 2.83. The molecule has 0 aliphatic heterocycles. The highest BCUT2D eigenvalue weighted by molar-refractivity contribution is 5.92. The van der Waals surface area contributed by atoms with Crippen LogP contribution in [0.1, 0.15) is 25.7 Å². The van der Waals surface area contributed by atoms with Gasteiger partial charge in [0.05, 0.1) is 0 Å². The molecule has 0 heterocycles. The number of amides is 1. The molecule has 6 heteroatoms. The summed E-state index contributed by atoms with van der Waals surface area (Å²) in [4.78, 5) is 11.8. The van der Waals surface area contributed by atoms with Gasteiger partial charge in [0.15, 0.2) is 0 Å². The van der Waals surface area contributed by atoms with Crippen molar-refractivity contribution in [3.63, 3.8) is 0 Å². The van der Waals surface area contributed by atoms with E-state index in [1.165, 1.54) is 24.3 Å². The molecule has 0 radical (unpaired) electrons. The molecule has 0 bridgehead atoms. The van der Waals surface area contributed by atoms with Gasteiger partial charge in [0.25, 0.3) is 0 Å². The Hall–Kier alpha value is -1.72. The van der Waals surface area contributed by atoms with E-state index in [4.69, 9.17) is 0 Å². The second-order valence-corrected chi connectivity index (χ2v) is 4.54. The third-order valence-corrected chi connectivity index (χ3v) is 3.08. The van der Waals surface area contributed by atoms with Gasteiger partial charge in [0.2, 0.25) is 5.91 Å². The van der Waals surface area contributed by atoms with Crippen LogP contribution in [-0.4, -0.2) is 12.3 Å². The molecule has 1 aromatic carbocycles. The molecular formula is C13H14F3NO2. The summed E-state index contributed by atoms with van der Waals surface area (Å²) in [7, 11) is 0. The van der Waals surface area contributed by atoms with Crippen LogP contribution in [0.15, 0.2) is 24.3 Å². The van der Waals surface area contributed by atoms with Crippen LogP contribution in [0.5, 0.6) is 5.75 Å². The second kappa shape index (κ2) is 5.50. The Morgan fingerprint density at radius 3 is 2.26 bits per heavy atom. The van der Waals surface area contributed by atoms with Crippen molar-refractivity contribution in [2.24, 2.45) is 5.92 Å². The molecule has 3 nitrogen and oxygen atoms in total. The first-order valence-corrected chi connectivity index (χ1v) is 6.11. The van der Waals surface area contributed by atoms with Crippen molar-refractivity contribution in [2.45, 2.75) is 32.0 Å². The summed E-state index contributed by atoms with van der Waals surface area (Å²) >= 11 is 0. The van der Waals surface area contributed by atoms with E-state index in [9.17, 15) is 18.0 Å². The molecule has 1 saturated carbocycles. The maximum absolute atomic E-state index is 12.0. The van der Waals surface area contributed by atoms with E-state index in [2.05, 4.69) is 10.1 Å². The van der Waals surface area contributed by atoms with Crippen molar-refractivity contribution in [2.75, 3.05) is 5.32 Å². The van der Waals surface area contributed by atoms with Gasteiger partial charge in [-0.05, 0) is 37.1 Å². The number of rotatable bonds is 3. The summed E-state index contributed by atoms with van der Waals surface area (Å²) in [6.07, 6.45) is -0.844. The highest BCUT2D eigenvalue weighted by atomic mass is 19.4. The second-order valence-electron chi connectivity index (χ2n) is 4.54. The summed E-state index contributed by atoms with van der Waals surface area (Å²) in [5.41, 5.74) is 0.478. The first-order valence-electron chi connectivity index (χ1n) is 6.11. The number of anilines is 1. The summed E-state index contributed by atoms with van der Waals surface area (Å²) in [6.45, 7) is 0. The number of ether oxygens (including phenoxy) is 1. The summed E-state index contributed by atoms with van der Waals surface area (Å²) < 4.78 is 39.6. The molecule has 0 atom stereocenters. The molecular weight excluding hydrogens is 259 g/mol. The molecule has 0 aromatic heterocycles. The number of benzene rings is 1. The lowest BCUT2D eigenvalue weighted by Gasteiger charge is -2.12. The number of hydrogen-bond acceptors (Lipinski definition) is 2. The molecule has 2 rings (SSSR count). The fourth-order valence-electron chi connectivity index (χ4n) is 2.17. The number of hydrogen-bond donors (Lipinski definition) is 1. The van der Waals surface area contributed by atoms with Crippen LogP contribution in [0.25, 0.3) is 0 Å². The van der Waals surface area contributed by atoms with Crippen LogP contribution in [0.2, 0.25) is 0 Å². The fraction of sp³-hybridized carbons (Fsp3) is 0.462. The predicted octanol–water partition coefficient (Wildman–Crippen LogP) is 3.71. The van der Waals surface area contributed by atoms with Crippen molar-refractivity contribution in [3.8, 4) is 5.75 Å². The van der Waals surface area contributed by atoms with Crippen molar-refractivity contribution in [3.05, 3.63) is 24.3 Å². The number of halogens is 3. The van der Waals surface area contributed by atoms with Crippen molar-refractivity contribution in [1.82, 2.24) is 0 Å². The number of nitrogens with one attached hydrogen (secondary N) is 1. The average molecular weight is 273 g/mol. The molecule has 1 aliphatic rings. The topological polar surface area (TPSA) is 38.3 Å². The maximum Gasteiger partial charge on any atom is 0.573 e. The third-order valence-electron chi connectivity index (χ3n) is 3.08. The Labute approximate surface area is 108 Å². The summed E-state index contributed by atoms with van der Waals surface area (Å²) in [6, 6.07) is 5.15. The van der Waals surface area contributed by atoms with Crippen LogP contribution in [0, 0.1) is 5.92 Å². The molecule has 0 saturated heterocycles. The van der Waals surface area contributed by atoms with Crippen molar-refractivity contribution >= 4 is 11.6 Å². The zero-order chi connectivity index (χ0) is 13.9. The SMILES string of the molecule is O=C(Nc1ccc(OC(F)(F)F)cc1)C1CCCC1. The smallest absolute Gasteiger partial charge is 0.406 e. The molecule has 0 unspecified atom stereocenters. The zero-order valence-electron chi connectivity index (χ0n) is 10.2. The first kappa shape index (κ1) is 13.7. The highest BCUT2D eigenvalue weighted by Gasteiger charge is 2.31. The Morgan fingerprint density at radius 2 is 1.74 bits per heavy atom. The van der Waals surface area contributed by atoms with Gasteiger partial charge in [0.1, 0.15) is 5.75 Å². The van der Waals surface area contributed by atoms with E-state index in [0.29, 0.717) is 5.69 Å². The summed E-state index contributed by atoms with van der Waals surface area (Å²) in [5.74, 6) is -0.348. The molecule has 0 spiro atoms. The lowest BCUT2D eigenvalue weighted by atomic mass is 10.1. The standard InChI is InChI=1S/C13H14F3NO2/c14-13(15,16)19-11-7-5-10(6-8-11)17-12(18)9-3-1-2-4-9/h5-9H,1-4H2,(H,17,18). The van der Waals surface area contributed by atoms with Gasteiger partial charge >= 0.3 is 6.36 Å². The molecule has 104 valence electrons. The summed E-state index contributed by atoms with van der Waals surface area (Å²) in [5, 5.41) is 2.70. The van der Waals surface area contributed by atoms with E-state index < -0.39 is 6.36 Å². The van der Waals surface area contributed by atoms with Gasteiger partial charge in [-0.3, -0.25) is 4.79 Å². The predicted molar refractivity (Wildman–Crippen MR) is 63.7 cm³/mol. The third kappa shape index (κ3) is 4.15. The van der Waals surface area contributed by atoms with E-state index in [1.54, 1.807) is 0 Å². The lowest BCUT2D eigenvalue weighted by Crippen LogP contribution is -2.20. The minimum Gasteiger partial charge on any atom is -0.406 e. The molecule has 1 N–H and O–H groups in total. The monoisotopic (exact) mass is 273 g/mol. The van der Waals surface area contributed by atoms with Gasteiger partial charge in [-0.2, -0.15) is 0 Å². The van der Waals surface area contributed by atoms with Gasteiger partial charge < -0.3 is 10.1 Å². The van der Waals surface area contributed by atoms with Crippen molar-refractivity contribution in [1.29, 1.82) is 0 Å². The molecule has 19 heavy (non-hydrogen) atoms. The van der Waals surface area contributed by atoms with Crippen LogP contribution >= 0.6 is 0 Å². The normalized spacial score (nSPS) is 16.4. The van der Waals surface area contributed by atoms with Crippen molar-refractivity contribution < 1.29 is 22.7 Å². The molecule has 1 aliphatic carbocycles. The lowest BCUT2D eigenvalue weighted by molar-refractivity contribution is -0.274. The Kier molecular flexibility index (Phi) is 3.97. The molecule has 1 aromatic rings. The number of carbonyl (C=O) groups is 1. The number of carbonyl (C=O) groups excluding carboxylic acids is 1. The minimum absolute atomic E-state index is 0.0195. The quantitative estimate of drug-likeness (QED) is 0.911. The van der Waals surface area contributed by atoms with Gasteiger partial charge in [-0.15, -0.1) is 13.2 Å². The molecule has 1 fully saturated rings. The highest BCUT2D eigenvalue weighted by Crippen LogP contribution is 2.27. The minimum atomic E-state index is -4.70.